The van der Waals surface area contributed by atoms with E-state index in [9.17, 15) is 18.0 Å². The molecule has 162 valence electrons. The average molecular weight is 444 g/mol. The number of benzene rings is 2. The molecule has 0 saturated carbocycles. The van der Waals surface area contributed by atoms with Gasteiger partial charge in [-0.15, -0.1) is 0 Å². The number of morpholine rings is 1. The van der Waals surface area contributed by atoms with Crippen molar-refractivity contribution in [3.63, 3.8) is 0 Å². The van der Waals surface area contributed by atoms with E-state index >= 15 is 0 Å². The van der Waals surface area contributed by atoms with Crippen molar-refractivity contribution in [3.8, 4) is 5.75 Å². The quantitative estimate of drug-likeness (QED) is 0.599. The highest BCUT2D eigenvalue weighted by Gasteiger charge is 2.27. The molecule has 0 atom stereocenters. The first kappa shape index (κ1) is 21.0. The predicted molar refractivity (Wildman–Crippen MR) is 113 cm³/mol. The maximum atomic E-state index is 12.9. The zero-order chi connectivity index (χ0) is 22.0. The molecule has 1 aliphatic heterocycles. The number of nitrogens with zero attached hydrogens (tertiary/aromatic N) is 1. The van der Waals surface area contributed by atoms with Crippen LogP contribution >= 0.6 is 0 Å². The van der Waals surface area contributed by atoms with E-state index in [-0.39, 0.29) is 35.0 Å². The molecule has 2 aromatic carbocycles. The maximum Gasteiger partial charge on any atom is 0.349 e. The van der Waals surface area contributed by atoms with E-state index in [0.717, 1.165) is 0 Å². The van der Waals surface area contributed by atoms with Gasteiger partial charge in [-0.2, -0.15) is 4.31 Å². The smallest absolute Gasteiger partial charge is 0.349 e. The first-order chi connectivity index (χ1) is 14.9. The SMILES string of the molecule is COc1ccc(S(=O)(=O)N2CCOCC2)cc1NC(=O)c1cc2ccccc2oc1=O. The zero-order valence-electron chi connectivity index (χ0n) is 16.7. The summed E-state index contributed by atoms with van der Waals surface area (Å²) in [5, 5.41) is 3.15. The highest BCUT2D eigenvalue weighted by atomic mass is 32.2. The molecule has 31 heavy (non-hydrogen) atoms. The fourth-order valence-electron chi connectivity index (χ4n) is 3.29. The van der Waals surface area contributed by atoms with Crippen LogP contribution in [0.4, 0.5) is 5.69 Å². The van der Waals surface area contributed by atoms with Crippen molar-refractivity contribution in [2.45, 2.75) is 4.90 Å². The van der Waals surface area contributed by atoms with Gasteiger partial charge in [0.15, 0.2) is 0 Å². The lowest BCUT2D eigenvalue weighted by Crippen LogP contribution is -2.40. The highest BCUT2D eigenvalue weighted by Crippen LogP contribution is 2.29. The summed E-state index contributed by atoms with van der Waals surface area (Å²) in [4.78, 5) is 25.1. The Morgan fingerprint density at radius 1 is 1.10 bits per heavy atom. The summed E-state index contributed by atoms with van der Waals surface area (Å²) in [5.74, 6) is -0.488. The van der Waals surface area contributed by atoms with Crippen molar-refractivity contribution in [1.82, 2.24) is 4.31 Å². The van der Waals surface area contributed by atoms with Crippen molar-refractivity contribution in [3.05, 3.63) is 64.5 Å². The minimum atomic E-state index is -3.78. The van der Waals surface area contributed by atoms with E-state index in [1.807, 2.05) is 0 Å². The van der Waals surface area contributed by atoms with Crippen LogP contribution < -0.4 is 15.7 Å². The second kappa shape index (κ2) is 8.50. The van der Waals surface area contributed by atoms with Crippen molar-refractivity contribution in [2.75, 3.05) is 38.7 Å². The lowest BCUT2D eigenvalue weighted by molar-refractivity contribution is 0.0730. The van der Waals surface area contributed by atoms with Crippen molar-refractivity contribution in [2.24, 2.45) is 0 Å². The summed E-state index contributed by atoms with van der Waals surface area (Å²) >= 11 is 0. The van der Waals surface area contributed by atoms with Crippen molar-refractivity contribution >= 4 is 32.6 Å². The van der Waals surface area contributed by atoms with Crippen LogP contribution in [-0.2, 0) is 14.8 Å². The minimum Gasteiger partial charge on any atom is -0.495 e. The van der Waals surface area contributed by atoms with Crippen LogP contribution in [0.15, 0.2) is 62.6 Å². The molecule has 4 rings (SSSR count). The average Bonchev–Trinajstić information content (AvgIpc) is 2.79. The Labute approximate surface area is 178 Å². The molecule has 1 saturated heterocycles. The Hall–Kier alpha value is -3.21. The fraction of sp³-hybridized carbons (Fsp3) is 0.238. The summed E-state index contributed by atoms with van der Waals surface area (Å²) in [6, 6.07) is 12.4. The second-order valence-electron chi connectivity index (χ2n) is 6.82. The molecule has 9 nitrogen and oxygen atoms in total. The van der Waals surface area contributed by atoms with E-state index < -0.39 is 21.6 Å². The van der Waals surface area contributed by atoms with Gasteiger partial charge in [-0.1, -0.05) is 18.2 Å². The molecule has 1 amide bonds. The standard InChI is InChI=1S/C21H20N2O7S/c1-28-19-7-6-15(31(26,27)23-8-10-29-11-9-23)13-17(19)22-20(24)16-12-14-4-2-3-5-18(14)30-21(16)25/h2-7,12-13H,8-11H2,1H3,(H,22,24). The lowest BCUT2D eigenvalue weighted by atomic mass is 10.1. The van der Waals surface area contributed by atoms with Crippen LogP contribution in [0.25, 0.3) is 11.0 Å². The molecule has 3 aromatic rings. The summed E-state index contributed by atoms with van der Waals surface area (Å²) in [5.41, 5.74) is -0.524. The summed E-state index contributed by atoms with van der Waals surface area (Å²) in [7, 11) is -2.39. The van der Waals surface area contributed by atoms with Crippen LogP contribution in [0.1, 0.15) is 10.4 Å². The number of nitrogens with one attached hydrogen (secondary N) is 1. The van der Waals surface area contributed by atoms with E-state index in [2.05, 4.69) is 5.32 Å². The van der Waals surface area contributed by atoms with E-state index in [1.165, 1.54) is 35.7 Å². The number of hydrogen-bond acceptors (Lipinski definition) is 7. The molecular formula is C21H20N2O7S. The Morgan fingerprint density at radius 2 is 1.84 bits per heavy atom. The van der Waals surface area contributed by atoms with Gasteiger partial charge < -0.3 is 19.2 Å². The number of ether oxygens (including phenoxy) is 2. The van der Waals surface area contributed by atoms with Crippen LogP contribution in [0.2, 0.25) is 0 Å². The van der Waals surface area contributed by atoms with Crippen LogP contribution in [-0.4, -0.2) is 52.0 Å². The van der Waals surface area contributed by atoms with Crippen LogP contribution in [0.5, 0.6) is 5.75 Å². The number of anilines is 1. The van der Waals surface area contributed by atoms with Gasteiger partial charge in [-0.05, 0) is 30.3 Å². The number of rotatable bonds is 5. The van der Waals surface area contributed by atoms with Gasteiger partial charge in [0.2, 0.25) is 10.0 Å². The summed E-state index contributed by atoms with van der Waals surface area (Å²) in [6.45, 7) is 1.12. The number of carbonyl (C=O) groups is 1. The first-order valence-corrected chi connectivity index (χ1v) is 10.9. The van der Waals surface area contributed by atoms with Gasteiger partial charge in [0.05, 0.1) is 30.9 Å². The first-order valence-electron chi connectivity index (χ1n) is 9.50. The highest BCUT2D eigenvalue weighted by molar-refractivity contribution is 7.89. The number of para-hydroxylation sites is 1. The molecule has 1 aliphatic rings. The van der Waals surface area contributed by atoms with Gasteiger partial charge in [0.25, 0.3) is 5.91 Å². The maximum absolute atomic E-state index is 12.9. The predicted octanol–water partition coefficient (Wildman–Crippen LogP) is 2.07. The van der Waals surface area contributed by atoms with Gasteiger partial charge >= 0.3 is 5.63 Å². The second-order valence-corrected chi connectivity index (χ2v) is 8.76. The number of methoxy groups -OCH3 is 1. The van der Waals surface area contributed by atoms with Crippen LogP contribution in [0, 0.1) is 0 Å². The van der Waals surface area contributed by atoms with Gasteiger partial charge in [0.1, 0.15) is 16.9 Å². The minimum absolute atomic E-state index is 0.00366. The molecule has 1 aromatic heterocycles. The number of carbonyl (C=O) groups excluding carboxylic acids is 1. The largest absolute Gasteiger partial charge is 0.495 e. The van der Waals surface area contributed by atoms with Gasteiger partial charge in [-0.3, -0.25) is 4.79 Å². The zero-order valence-corrected chi connectivity index (χ0v) is 17.5. The molecule has 10 heteroatoms. The summed E-state index contributed by atoms with van der Waals surface area (Å²) < 4.78 is 42.9. The Kier molecular flexibility index (Phi) is 5.77. The van der Waals surface area contributed by atoms with Crippen LogP contribution in [0.3, 0.4) is 0 Å². The third kappa shape index (κ3) is 4.18. The molecule has 0 aliphatic carbocycles. The molecular weight excluding hydrogens is 424 g/mol. The Morgan fingerprint density at radius 3 is 2.58 bits per heavy atom. The van der Waals surface area contributed by atoms with Crippen molar-refractivity contribution in [1.29, 1.82) is 0 Å². The van der Waals surface area contributed by atoms with Crippen molar-refractivity contribution < 1.29 is 27.1 Å². The molecule has 2 heterocycles. The molecule has 0 bridgehead atoms. The van der Waals surface area contributed by atoms with E-state index in [1.54, 1.807) is 24.3 Å². The molecule has 1 N–H and O–H groups in total. The van der Waals surface area contributed by atoms with Gasteiger partial charge in [0, 0.05) is 18.5 Å². The topological polar surface area (TPSA) is 115 Å². The molecule has 1 fully saturated rings. The third-order valence-electron chi connectivity index (χ3n) is 4.91. The third-order valence-corrected chi connectivity index (χ3v) is 6.81. The van der Waals surface area contributed by atoms with E-state index in [4.69, 9.17) is 13.9 Å². The summed E-state index contributed by atoms with van der Waals surface area (Å²) in [6.07, 6.45) is 0. The fourth-order valence-corrected chi connectivity index (χ4v) is 4.73. The number of fused-ring (bicyclic) bond motifs is 1. The molecule has 0 spiro atoms. The molecule has 0 unspecified atom stereocenters. The number of sulfonamides is 1. The monoisotopic (exact) mass is 444 g/mol. The number of hydrogen-bond donors (Lipinski definition) is 1. The Bertz CT molecular complexity index is 1290. The Balaban J connectivity index is 1.68. The molecule has 0 radical (unpaired) electrons. The van der Waals surface area contributed by atoms with E-state index in [0.29, 0.717) is 24.2 Å². The normalized spacial score (nSPS) is 15.0. The number of amides is 1. The lowest BCUT2D eigenvalue weighted by Gasteiger charge is -2.26. The van der Waals surface area contributed by atoms with Gasteiger partial charge in [-0.25, -0.2) is 13.2 Å².